The molecule has 5 aromatic rings. The van der Waals surface area contributed by atoms with Crippen LogP contribution in [0.4, 0.5) is 16.6 Å². The minimum atomic E-state index is -4.79. The van der Waals surface area contributed by atoms with Gasteiger partial charge in [-0.25, -0.2) is 20.2 Å². The van der Waals surface area contributed by atoms with Gasteiger partial charge in [-0.1, -0.05) is 39.6 Å². The average Bonchev–Trinajstić information content (AvgIpc) is 3.46. The van der Waals surface area contributed by atoms with Crippen LogP contribution in [0, 0.1) is 6.92 Å². The lowest BCUT2D eigenvalue weighted by Crippen LogP contribution is -2.10. The van der Waals surface area contributed by atoms with Gasteiger partial charge in [0.1, 0.15) is 4.90 Å². The summed E-state index contributed by atoms with van der Waals surface area (Å²) in [6.45, 7) is 1.61. The number of rotatable bonds is 10. The van der Waals surface area contributed by atoms with Gasteiger partial charge in [-0.2, -0.15) is 13.5 Å². The van der Waals surface area contributed by atoms with Crippen LogP contribution in [0.3, 0.4) is 0 Å². The number of nitrogens with zero attached hydrogens (tertiary/aromatic N) is 5. The Balaban J connectivity index is 1.55. The van der Waals surface area contributed by atoms with E-state index < -0.39 is 15.0 Å². The number of aromatic nitrogens is 3. The van der Waals surface area contributed by atoms with Crippen LogP contribution in [0.2, 0.25) is 0 Å². The first-order valence-electron chi connectivity index (χ1n) is 10.7. The lowest BCUT2D eigenvalue weighted by atomic mass is 10.1. The fourth-order valence-corrected chi connectivity index (χ4v) is 6.37. The van der Waals surface area contributed by atoms with E-state index in [0.717, 1.165) is 21.4 Å². The standard InChI is InChI=1S/C21H16N6O9S4/c1-10-18(24-25-21-23-14-9-11(38-35-33-28)5-8-17(14)37-21)20(22)27(26-10)15-7-6-12-13(19(15)40(30,31)32)3-2-4-16(12)39-36-34-29/h2-9,28-29H,22H2,1H3,(H,30,31,32)/b25-24+. The fraction of sp³-hybridized carbons (Fsp3) is 0.0476. The van der Waals surface area contributed by atoms with Crippen molar-refractivity contribution in [2.45, 2.75) is 21.6 Å². The minimum Gasteiger partial charge on any atom is -0.382 e. The molecule has 3 aromatic carbocycles. The van der Waals surface area contributed by atoms with E-state index in [4.69, 9.17) is 16.2 Å². The Morgan fingerprint density at radius 2 is 1.80 bits per heavy atom. The molecule has 5 rings (SSSR count). The van der Waals surface area contributed by atoms with Gasteiger partial charge in [0.25, 0.3) is 10.1 Å². The number of nitrogen functional groups attached to an aromatic ring is 1. The van der Waals surface area contributed by atoms with Crippen LogP contribution in [0.25, 0.3) is 26.7 Å². The van der Waals surface area contributed by atoms with Crippen molar-refractivity contribution >= 4 is 83.2 Å². The number of benzene rings is 3. The van der Waals surface area contributed by atoms with E-state index in [2.05, 4.69) is 39.1 Å². The smallest absolute Gasteiger partial charge is 0.297 e. The zero-order valence-electron chi connectivity index (χ0n) is 19.9. The molecule has 0 aliphatic heterocycles. The van der Waals surface area contributed by atoms with Crippen LogP contribution < -0.4 is 5.73 Å². The first kappa shape index (κ1) is 28.3. The van der Waals surface area contributed by atoms with Gasteiger partial charge >= 0.3 is 0 Å². The summed E-state index contributed by atoms with van der Waals surface area (Å²) in [6.07, 6.45) is 0. The first-order chi connectivity index (χ1) is 19.2. The predicted octanol–water partition coefficient (Wildman–Crippen LogP) is 6.04. The molecule has 5 N–H and O–H groups in total. The van der Waals surface area contributed by atoms with E-state index >= 15 is 0 Å². The van der Waals surface area contributed by atoms with E-state index in [-0.39, 0.29) is 22.6 Å². The Labute approximate surface area is 237 Å². The average molecular weight is 625 g/mol. The highest BCUT2D eigenvalue weighted by Crippen LogP contribution is 2.39. The third-order valence-corrected chi connectivity index (χ3v) is 8.50. The summed E-state index contributed by atoms with van der Waals surface area (Å²) in [5, 5.41) is 37.6. The maximum absolute atomic E-state index is 12.5. The molecule has 0 saturated carbocycles. The monoisotopic (exact) mass is 624 g/mol. The van der Waals surface area contributed by atoms with Gasteiger partial charge in [0.2, 0.25) is 5.13 Å². The minimum absolute atomic E-state index is 0.0300. The van der Waals surface area contributed by atoms with Crippen LogP contribution in [0.1, 0.15) is 5.69 Å². The number of aryl methyl sites for hydroxylation is 1. The van der Waals surface area contributed by atoms with Gasteiger partial charge in [-0.15, -0.1) is 18.9 Å². The molecular formula is C21H16N6O9S4. The number of fused-ring (bicyclic) bond motifs is 2. The summed E-state index contributed by atoms with van der Waals surface area (Å²) in [5.41, 5.74) is 7.41. The van der Waals surface area contributed by atoms with Crippen molar-refractivity contribution in [3.05, 3.63) is 54.2 Å². The number of nitrogens with two attached hydrogens (primary N) is 1. The molecule has 0 radical (unpaired) electrons. The molecule has 0 aliphatic rings. The highest BCUT2D eigenvalue weighted by molar-refractivity contribution is 7.95. The normalized spacial score (nSPS) is 12.3. The maximum Gasteiger partial charge on any atom is 0.297 e. The lowest BCUT2D eigenvalue weighted by Gasteiger charge is -2.13. The Bertz CT molecular complexity index is 1860. The number of hydrogen-bond donors (Lipinski definition) is 4. The molecule has 19 heteroatoms. The molecule has 0 saturated heterocycles. The number of anilines is 1. The largest absolute Gasteiger partial charge is 0.382 e. The summed E-state index contributed by atoms with van der Waals surface area (Å²) >= 11 is 2.69. The van der Waals surface area contributed by atoms with Crippen molar-refractivity contribution in [2.24, 2.45) is 10.2 Å². The molecule has 0 fully saturated rings. The molecule has 0 bridgehead atoms. The van der Waals surface area contributed by atoms with Crippen LogP contribution >= 0.6 is 35.4 Å². The van der Waals surface area contributed by atoms with Gasteiger partial charge in [-0.05, 0) is 42.6 Å². The molecular weight excluding hydrogens is 609 g/mol. The molecule has 0 amide bonds. The molecule has 2 aromatic heterocycles. The number of azo groups is 1. The molecule has 208 valence electrons. The van der Waals surface area contributed by atoms with Crippen molar-refractivity contribution in [2.75, 3.05) is 5.73 Å². The Morgan fingerprint density at radius 3 is 2.55 bits per heavy atom. The van der Waals surface area contributed by atoms with Crippen molar-refractivity contribution in [1.82, 2.24) is 14.8 Å². The van der Waals surface area contributed by atoms with E-state index in [1.165, 1.54) is 29.5 Å². The molecule has 0 unspecified atom stereocenters. The second kappa shape index (κ2) is 11.7. The number of hydrogen-bond acceptors (Lipinski definition) is 16. The second-order valence-electron chi connectivity index (χ2n) is 7.75. The zero-order chi connectivity index (χ0) is 28.4. The Hall–Kier alpha value is -3.21. The first-order valence-corrected chi connectivity index (χ1v) is 14.5. The van der Waals surface area contributed by atoms with Crippen LogP contribution in [-0.4, -0.2) is 38.2 Å². The van der Waals surface area contributed by atoms with Crippen LogP contribution in [0.15, 0.2) is 73.4 Å². The van der Waals surface area contributed by atoms with Gasteiger partial charge in [0, 0.05) is 15.2 Å². The van der Waals surface area contributed by atoms with Crippen molar-refractivity contribution in [3.8, 4) is 5.69 Å². The van der Waals surface area contributed by atoms with Crippen molar-refractivity contribution in [3.63, 3.8) is 0 Å². The lowest BCUT2D eigenvalue weighted by molar-refractivity contribution is -0.432. The van der Waals surface area contributed by atoms with Gasteiger partial charge < -0.3 is 5.73 Å². The van der Waals surface area contributed by atoms with Crippen LogP contribution in [0.5, 0.6) is 0 Å². The van der Waals surface area contributed by atoms with E-state index in [0.29, 0.717) is 43.6 Å². The maximum atomic E-state index is 12.5. The summed E-state index contributed by atoms with van der Waals surface area (Å²) in [6, 6.07) is 12.8. The van der Waals surface area contributed by atoms with Crippen molar-refractivity contribution in [1.29, 1.82) is 0 Å². The van der Waals surface area contributed by atoms with Gasteiger partial charge in [-0.3, -0.25) is 4.55 Å². The summed E-state index contributed by atoms with van der Waals surface area (Å²) < 4.78 is 46.1. The summed E-state index contributed by atoms with van der Waals surface area (Å²) in [5.74, 6) is -0.0333. The highest BCUT2D eigenvalue weighted by atomic mass is 32.2. The van der Waals surface area contributed by atoms with Gasteiger partial charge in [0.15, 0.2) is 11.5 Å². The zero-order valence-corrected chi connectivity index (χ0v) is 23.1. The van der Waals surface area contributed by atoms with Crippen LogP contribution in [-0.2, 0) is 28.9 Å². The van der Waals surface area contributed by atoms with Gasteiger partial charge in [0.05, 0.1) is 45.7 Å². The molecule has 2 heterocycles. The van der Waals surface area contributed by atoms with E-state index in [1.54, 1.807) is 37.3 Å². The number of thiazole rings is 1. The Morgan fingerprint density at radius 1 is 1.02 bits per heavy atom. The Kier molecular flexibility index (Phi) is 8.30. The summed E-state index contributed by atoms with van der Waals surface area (Å²) in [4.78, 5) is 4.97. The predicted molar refractivity (Wildman–Crippen MR) is 145 cm³/mol. The fourth-order valence-electron chi connectivity index (χ4n) is 3.83. The summed E-state index contributed by atoms with van der Waals surface area (Å²) in [7, 11) is -4.79. The molecule has 0 aliphatic carbocycles. The molecule has 40 heavy (non-hydrogen) atoms. The SMILES string of the molecule is Cc1nn(-c2ccc3c(SOOO)cccc3c2S(=O)(=O)O)c(N)c1/N=N/c1nc2cc(SOOO)ccc2s1. The second-order valence-corrected chi connectivity index (χ2v) is 11.6. The van der Waals surface area contributed by atoms with E-state index in [9.17, 15) is 13.0 Å². The molecule has 15 nitrogen and oxygen atoms in total. The third-order valence-electron chi connectivity index (χ3n) is 5.40. The highest BCUT2D eigenvalue weighted by Gasteiger charge is 2.25. The third kappa shape index (κ3) is 5.66. The topological polar surface area (TPSA) is 213 Å². The van der Waals surface area contributed by atoms with Crippen molar-refractivity contribution < 1.29 is 42.2 Å². The van der Waals surface area contributed by atoms with E-state index in [1.807, 2.05) is 0 Å². The quantitative estimate of drug-likeness (QED) is 0.0458. The molecule has 0 spiro atoms. The molecule has 0 atom stereocenters.